The molecule has 0 N–H and O–H groups in total. The van der Waals surface area contributed by atoms with Crippen molar-refractivity contribution in [2.24, 2.45) is 0 Å². The van der Waals surface area contributed by atoms with E-state index in [4.69, 9.17) is 4.74 Å². The SMILES string of the molecule is CCN(CC(=O)OC)C(=O)N1CCOCC1. The molecule has 0 unspecified atom stereocenters. The summed E-state index contributed by atoms with van der Waals surface area (Å²) in [6.45, 7) is 4.60. The Bertz CT molecular complexity index is 251. The molecule has 1 aliphatic rings. The summed E-state index contributed by atoms with van der Waals surface area (Å²) in [4.78, 5) is 26.2. The maximum Gasteiger partial charge on any atom is 0.325 e. The molecule has 1 fully saturated rings. The van der Waals surface area contributed by atoms with Crippen LogP contribution in [0.2, 0.25) is 0 Å². The Kier molecular flexibility index (Phi) is 5.04. The summed E-state index contributed by atoms with van der Waals surface area (Å²) in [5.74, 6) is -0.400. The van der Waals surface area contributed by atoms with Gasteiger partial charge in [0.2, 0.25) is 0 Å². The van der Waals surface area contributed by atoms with E-state index in [0.717, 1.165) is 0 Å². The molecule has 0 atom stereocenters. The first-order chi connectivity index (χ1) is 7.69. The van der Waals surface area contributed by atoms with Crippen molar-refractivity contribution in [1.82, 2.24) is 9.80 Å². The first kappa shape index (κ1) is 12.8. The smallest absolute Gasteiger partial charge is 0.325 e. The summed E-state index contributed by atoms with van der Waals surface area (Å²) in [6, 6.07) is -0.129. The highest BCUT2D eigenvalue weighted by molar-refractivity contribution is 5.81. The van der Waals surface area contributed by atoms with Gasteiger partial charge in [-0.25, -0.2) is 4.79 Å². The third-order valence-corrected chi connectivity index (χ3v) is 2.48. The molecule has 0 aromatic rings. The van der Waals surface area contributed by atoms with Crippen LogP contribution in [0.5, 0.6) is 0 Å². The number of methoxy groups -OCH3 is 1. The van der Waals surface area contributed by atoms with Crippen LogP contribution >= 0.6 is 0 Å². The zero-order chi connectivity index (χ0) is 12.0. The number of carbonyl (C=O) groups is 2. The quantitative estimate of drug-likeness (QED) is 0.637. The van der Waals surface area contributed by atoms with E-state index in [0.29, 0.717) is 32.8 Å². The number of hydrogen-bond donors (Lipinski definition) is 0. The molecular formula is C10H18N2O4. The van der Waals surface area contributed by atoms with Gasteiger partial charge >= 0.3 is 12.0 Å². The average Bonchev–Trinajstić information content (AvgIpc) is 2.35. The molecule has 1 aliphatic heterocycles. The standard InChI is InChI=1S/C10H18N2O4/c1-3-11(8-9(13)15-2)10(14)12-4-6-16-7-5-12/h3-8H2,1-2H3. The van der Waals surface area contributed by atoms with Crippen LogP contribution in [0, 0.1) is 0 Å². The minimum Gasteiger partial charge on any atom is -0.468 e. The molecule has 1 heterocycles. The Labute approximate surface area is 95.1 Å². The lowest BCUT2D eigenvalue weighted by molar-refractivity contribution is -0.141. The molecule has 1 rings (SSSR count). The van der Waals surface area contributed by atoms with Gasteiger partial charge < -0.3 is 19.3 Å². The molecule has 2 amide bonds. The maximum absolute atomic E-state index is 12.0. The van der Waals surface area contributed by atoms with Crippen LogP contribution in [0.25, 0.3) is 0 Å². The van der Waals surface area contributed by atoms with Gasteiger partial charge in [0.25, 0.3) is 0 Å². The number of amides is 2. The number of carbonyl (C=O) groups excluding carboxylic acids is 2. The lowest BCUT2D eigenvalue weighted by Crippen LogP contribution is -2.49. The zero-order valence-electron chi connectivity index (χ0n) is 9.77. The van der Waals surface area contributed by atoms with Crippen LogP contribution in [0.3, 0.4) is 0 Å². The van der Waals surface area contributed by atoms with Crippen molar-refractivity contribution >= 4 is 12.0 Å². The number of urea groups is 1. The second-order valence-electron chi connectivity index (χ2n) is 3.47. The Morgan fingerprint density at radius 1 is 1.38 bits per heavy atom. The number of esters is 1. The molecule has 16 heavy (non-hydrogen) atoms. The number of ether oxygens (including phenoxy) is 2. The maximum atomic E-state index is 12.0. The Morgan fingerprint density at radius 3 is 2.50 bits per heavy atom. The number of nitrogens with zero attached hydrogens (tertiary/aromatic N) is 2. The highest BCUT2D eigenvalue weighted by atomic mass is 16.5. The van der Waals surface area contributed by atoms with Crippen LogP contribution < -0.4 is 0 Å². The fourth-order valence-electron chi connectivity index (χ4n) is 1.49. The minimum atomic E-state index is -0.400. The summed E-state index contributed by atoms with van der Waals surface area (Å²) in [5.41, 5.74) is 0. The predicted octanol–water partition coefficient (Wildman–Crippen LogP) is -0.0665. The average molecular weight is 230 g/mol. The van der Waals surface area contributed by atoms with E-state index in [1.54, 1.807) is 4.90 Å². The van der Waals surface area contributed by atoms with Crippen molar-refractivity contribution in [2.75, 3.05) is 46.5 Å². The monoisotopic (exact) mass is 230 g/mol. The van der Waals surface area contributed by atoms with Gasteiger partial charge in [0.15, 0.2) is 0 Å². The molecule has 0 spiro atoms. The first-order valence-corrected chi connectivity index (χ1v) is 5.37. The summed E-state index contributed by atoms with van der Waals surface area (Å²) in [7, 11) is 1.31. The van der Waals surface area contributed by atoms with Crippen LogP contribution in [0.4, 0.5) is 4.79 Å². The normalized spacial score (nSPS) is 15.8. The molecule has 0 aliphatic carbocycles. The van der Waals surface area contributed by atoms with Crippen molar-refractivity contribution in [3.63, 3.8) is 0 Å². The van der Waals surface area contributed by atoms with Crippen molar-refractivity contribution < 1.29 is 19.1 Å². The number of hydrogen-bond acceptors (Lipinski definition) is 4. The molecular weight excluding hydrogens is 212 g/mol. The van der Waals surface area contributed by atoms with Gasteiger partial charge in [-0.15, -0.1) is 0 Å². The van der Waals surface area contributed by atoms with Gasteiger partial charge in [0.05, 0.1) is 20.3 Å². The highest BCUT2D eigenvalue weighted by Gasteiger charge is 2.23. The summed E-state index contributed by atoms with van der Waals surface area (Å²) in [5, 5.41) is 0. The molecule has 6 heteroatoms. The number of morpholine rings is 1. The molecule has 0 radical (unpaired) electrons. The van der Waals surface area contributed by atoms with Crippen molar-refractivity contribution in [3.8, 4) is 0 Å². The van der Waals surface area contributed by atoms with Crippen LogP contribution in [-0.2, 0) is 14.3 Å². The molecule has 6 nitrogen and oxygen atoms in total. The van der Waals surface area contributed by atoms with E-state index >= 15 is 0 Å². The largest absolute Gasteiger partial charge is 0.468 e. The summed E-state index contributed by atoms with van der Waals surface area (Å²) in [6.07, 6.45) is 0. The van der Waals surface area contributed by atoms with E-state index in [1.807, 2.05) is 6.92 Å². The van der Waals surface area contributed by atoms with Gasteiger partial charge in [0.1, 0.15) is 6.54 Å². The van der Waals surface area contributed by atoms with Crippen LogP contribution in [0.1, 0.15) is 6.92 Å². The van der Waals surface area contributed by atoms with Crippen molar-refractivity contribution in [1.29, 1.82) is 0 Å². The van der Waals surface area contributed by atoms with E-state index in [-0.39, 0.29) is 12.6 Å². The van der Waals surface area contributed by atoms with Gasteiger partial charge in [-0.3, -0.25) is 4.79 Å². The Morgan fingerprint density at radius 2 is 2.00 bits per heavy atom. The van der Waals surface area contributed by atoms with E-state index in [9.17, 15) is 9.59 Å². The van der Waals surface area contributed by atoms with E-state index in [2.05, 4.69) is 4.74 Å². The van der Waals surface area contributed by atoms with Gasteiger partial charge in [-0.2, -0.15) is 0 Å². The predicted molar refractivity (Wildman–Crippen MR) is 57.1 cm³/mol. The Hall–Kier alpha value is -1.30. The van der Waals surface area contributed by atoms with Gasteiger partial charge in [0, 0.05) is 19.6 Å². The molecule has 92 valence electrons. The summed E-state index contributed by atoms with van der Waals surface area (Å²) >= 11 is 0. The first-order valence-electron chi connectivity index (χ1n) is 5.37. The third-order valence-electron chi connectivity index (χ3n) is 2.48. The highest BCUT2D eigenvalue weighted by Crippen LogP contribution is 2.03. The van der Waals surface area contributed by atoms with Crippen molar-refractivity contribution in [3.05, 3.63) is 0 Å². The summed E-state index contributed by atoms with van der Waals surface area (Å²) < 4.78 is 9.71. The topological polar surface area (TPSA) is 59.1 Å². The molecule has 0 aromatic carbocycles. The second kappa shape index (κ2) is 6.32. The molecule has 0 saturated carbocycles. The molecule has 0 aromatic heterocycles. The van der Waals surface area contributed by atoms with Crippen LogP contribution in [-0.4, -0.2) is 68.3 Å². The van der Waals surface area contributed by atoms with Crippen molar-refractivity contribution in [2.45, 2.75) is 6.92 Å². The second-order valence-corrected chi connectivity index (χ2v) is 3.47. The molecule has 0 bridgehead atoms. The van der Waals surface area contributed by atoms with Gasteiger partial charge in [-0.1, -0.05) is 0 Å². The van der Waals surface area contributed by atoms with E-state index < -0.39 is 5.97 Å². The Balaban J connectivity index is 2.50. The number of likely N-dealkylation sites (N-methyl/N-ethyl adjacent to an activating group) is 1. The zero-order valence-corrected chi connectivity index (χ0v) is 9.77. The fraction of sp³-hybridized carbons (Fsp3) is 0.800. The minimum absolute atomic E-state index is 0.00317. The van der Waals surface area contributed by atoms with Gasteiger partial charge in [-0.05, 0) is 6.92 Å². The fourth-order valence-corrected chi connectivity index (χ4v) is 1.49. The molecule has 1 saturated heterocycles. The van der Waals surface area contributed by atoms with E-state index in [1.165, 1.54) is 12.0 Å². The van der Waals surface area contributed by atoms with Crippen LogP contribution in [0.15, 0.2) is 0 Å². The lowest BCUT2D eigenvalue weighted by atomic mass is 10.4. The third kappa shape index (κ3) is 3.37. The lowest BCUT2D eigenvalue weighted by Gasteiger charge is -2.31. The number of rotatable bonds is 3.